The van der Waals surface area contributed by atoms with Gasteiger partial charge in [0.1, 0.15) is 10.7 Å². The molecule has 1 heterocycles. The Bertz CT molecular complexity index is 469. The van der Waals surface area contributed by atoms with Crippen molar-refractivity contribution < 1.29 is 8.42 Å². The highest BCUT2D eigenvalue weighted by Gasteiger charge is 2.33. The van der Waals surface area contributed by atoms with Gasteiger partial charge in [0.25, 0.3) is 0 Å². The number of anilines is 1. The van der Waals surface area contributed by atoms with E-state index in [4.69, 9.17) is 5.73 Å². The normalized spacial score (nSPS) is 24.3. The quantitative estimate of drug-likeness (QED) is 0.808. The summed E-state index contributed by atoms with van der Waals surface area (Å²) in [6.07, 6.45) is 2.37. The molecule has 16 heavy (non-hydrogen) atoms. The summed E-state index contributed by atoms with van der Waals surface area (Å²) < 4.78 is 26.2. The Balaban J connectivity index is 2.03. The van der Waals surface area contributed by atoms with Crippen molar-refractivity contribution in [1.29, 1.82) is 0 Å². The summed E-state index contributed by atoms with van der Waals surface area (Å²) in [4.78, 5) is 3.92. The zero-order valence-electron chi connectivity index (χ0n) is 9.05. The van der Waals surface area contributed by atoms with Crippen molar-refractivity contribution in [3.8, 4) is 0 Å². The van der Waals surface area contributed by atoms with E-state index in [9.17, 15) is 8.42 Å². The molecule has 1 aliphatic carbocycles. The molecule has 2 atom stereocenters. The Hall–Kier alpha value is -1.14. The Morgan fingerprint density at radius 3 is 2.75 bits per heavy atom. The van der Waals surface area contributed by atoms with Crippen LogP contribution in [0.5, 0.6) is 0 Å². The number of nitrogen functional groups attached to an aromatic ring is 1. The van der Waals surface area contributed by atoms with Gasteiger partial charge in [0.2, 0.25) is 10.0 Å². The van der Waals surface area contributed by atoms with Gasteiger partial charge in [-0.3, -0.25) is 0 Å². The molecule has 1 fully saturated rings. The lowest BCUT2D eigenvalue weighted by Gasteiger charge is -2.05. The summed E-state index contributed by atoms with van der Waals surface area (Å²) in [7, 11) is -3.42. The van der Waals surface area contributed by atoms with E-state index in [1.807, 2.05) is 0 Å². The van der Waals surface area contributed by atoms with Gasteiger partial charge < -0.3 is 5.73 Å². The highest BCUT2D eigenvalue weighted by atomic mass is 32.2. The SMILES string of the molecule is CC1CC1CNS(=O)(=O)c1ccc(N)nc1. The summed E-state index contributed by atoms with van der Waals surface area (Å²) in [6, 6.07) is 2.94. The molecule has 0 aromatic carbocycles. The number of nitrogens with zero attached hydrogens (tertiary/aromatic N) is 1. The van der Waals surface area contributed by atoms with Gasteiger partial charge in [-0.05, 0) is 30.4 Å². The summed E-state index contributed by atoms with van der Waals surface area (Å²) in [6.45, 7) is 2.62. The molecular weight excluding hydrogens is 226 g/mol. The number of hydrogen-bond acceptors (Lipinski definition) is 4. The Morgan fingerprint density at radius 2 is 2.25 bits per heavy atom. The van der Waals surface area contributed by atoms with Gasteiger partial charge in [0, 0.05) is 12.7 Å². The summed E-state index contributed by atoms with van der Waals surface area (Å²) in [5.41, 5.74) is 5.39. The number of rotatable bonds is 4. The second kappa shape index (κ2) is 4.03. The molecule has 1 aromatic rings. The van der Waals surface area contributed by atoms with Crippen LogP contribution in [0.2, 0.25) is 0 Å². The summed E-state index contributed by atoms with van der Waals surface area (Å²) >= 11 is 0. The first-order valence-corrected chi connectivity index (χ1v) is 6.68. The highest BCUT2D eigenvalue weighted by Crippen LogP contribution is 2.37. The molecule has 0 saturated heterocycles. The van der Waals surface area contributed by atoms with Gasteiger partial charge in [-0.2, -0.15) is 0 Å². The van der Waals surface area contributed by atoms with Gasteiger partial charge in [0.15, 0.2) is 0 Å². The number of aromatic nitrogens is 1. The van der Waals surface area contributed by atoms with Crippen LogP contribution in [-0.2, 0) is 10.0 Å². The molecule has 0 radical (unpaired) electrons. The third-order valence-electron chi connectivity index (χ3n) is 2.88. The summed E-state index contributed by atoms with van der Waals surface area (Å²) in [5, 5.41) is 0. The van der Waals surface area contributed by atoms with E-state index in [0.29, 0.717) is 24.2 Å². The average Bonchev–Trinajstić information content (AvgIpc) is 2.93. The fraction of sp³-hybridized carbons (Fsp3) is 0.500. The van der Waals surface area contributed by atoms with E-state index in [2.05, 4.69) is 16.6 Å². The molecule has 2 rings (SSSR count). The van der Waals surface area contributed by atoms with Crippen molar-refractivity contribution in [1.82, 2.24) is 9.71 Å². The first kappa shape index (κ1) is 11.3. The number of nitrogens with two attached hydrogens (primary N) is 1. The van der Waals surface area contributed by atoms with Crippen LogP contribution in [0.3, 0.4) is 0 Å². The van der Waals surface area contributed by atoms with Crippen LogP contribution in [0.1, 0.15) is 13.3 Å². The lowest BCUT2D eigenvalue weighted by atomic mass is 10.3. The molecule has 0 amide bonds. The third kappa shape index (κ3) is 2.51. The standard InChI is InChI=1S/C10H15N3O2S/c1-7-4-8(7)5-13-16(14,15)9-2-3-10(11)12-6-9/h2-3,6-8,13H,4-5H2,1H3,(H2,11,12). The largest absolute Gasteiger partial charge is 0.384 e. The van der Waals surface area contributed by atoms with Crippen molar-refractivity contribution in [3.05, 3.63) is 18.3 Å². The lowest BCUT2D eigenvalue weighted by molar-refractivity contribution is 0.574. The van der Waals surface area contributed by atoms with Crippen molar-refractivity contribution in [2.75, 3.05) is 12.3 Å². The first-order valence-electron chi connectivity index (χ1n) is 5.20. The zero-order valence-corrected chi connectivity index (χ0v) is 9.87. The number of sulfonamides is 1. The van der Waals surface area contributed by atoms with Crippen LogP contribution < -0.4 is 10.5 Å². The maximum Gasteiger partial charge on any atom is 0.242 e. The van der Waals surface area contributed by atoms with Crippen LogP contribution in [0, 0.1) is 11.8 Å². The Morgan fingerprint density at radius 1 is 1.56 bits per heavy atom. The molecule has 1 aromatic heterocycles. The van der Waals surface area contributed by atoms with Crippen molar-refractivity contribution >= 4 is 15.8 Å². The molecule has 88 valence electrons. The van der Waals surface area contributed by atoms with Crippen LogP contribution in [0.25, 0.3) is 0 Å². The third-order valence-corrected chi connectivity index (χ3v) is 4.29. The lowest BCUT2D eigenvalue weighted by Crippen LogP contribution is -2.26. The van der Waals surface area contributed by atoms with E-state index in [-0.39, 0.29) is 4.90 Å². The monoisotopic (exact) mass is 241 g/mol. The maximum absolute atomic E-state index is 11.8. The van der Waals surface area contributed by atoms with Crippen LogP contribution in [0.4, 0.5) is 5.82 Å². The minimum Gasteiger partial charge on any atom is -0.384 e. The van der Waals surface area contributed by atoms with E-state index in [1.165, 1.54) is 18.3 Å². The minimum absolute atomic E-state index is 0.162. The zero-order chi connectivity index (χ0) is 11.8. The minimum atomic E-state index is -3.42. The topological polar surface area (TPSA) is 85.1 Å². The van der Waals surface area contributed by atoms with Crippen LogP contribution >= 0.6 is 0 Å². The van der Waals surface area contributed by atoms with Crippen molar-refractivity contribution in [2.45, 2.75) is 18.2 Å². The second-order valence-corrected chi connectivity index (χ2v) is 6.01. The molecule has 1 saturated carbocycles. The predicted octanol–water partition coefficient (Wildman–Crippen LogP) is 0.598. The fourth-order valence-corrected chi connectivity index (χ4v) is 2.57. The van der Waals surface area contributed by atoms with Crippen LogP contribution in [-0.4, -0.2) is 19.9 Å². The number of pyridine rings is 1. The van der Waals surface area contributed by atoms with Crippen LogP contribution in [0.15, 0.2) is 23.2 Å². The van der Waals surface area contributed by atoms with E-state index in [1.54, 1.807) is 0 Å². The van der Waals surface area contributed by atoms with E-state index < -0.39 is 10.0 Å². The molecule has 6 heteroatoms. The Labute approximate surface area is 95.1 Å². The smallest absolute Gasteiger partial charge is 0.242 e. The van der Waals surface area contributed by atoms with Crippen molar-refractivity contribution in [2.24, 2.45) is 11.8 Å². The van der Waals surface area contributed by atoms with Gasteiger partial charge >= 0.3 is 0 Å². The molecule has 0 bridgehead atoms. The van der Waals surface area contributed by atoms with Gasteiger partial charge in [-0.15, -0.1) is 0 Å². The molecule has 2 unspecified atom stereocenters. The number of hydrogen-bond donors (Lipinski definition) is 2. The maximum atomic E-state index is 11.8. The van der Waals surface area contributed by atoms with E-state index >= 15 is 0 Å². The molecule has 3 N–H and O–H groups in total. The Kier molecular flexibility index (Phi) is 2.86. The second-order valence-electron chi connectivity index (χ2n) is 4.24. The molecule has 5 nitrogen and oxygen atoms in total. The van der Waals surface area contributed by atoms with E-state index in [0.717, 1.165) is 6.42 Å². The average molecular weight is 241 g/mol. The molecule has 1 aliphatic rings. The summed E-state index contributed by atoms with van der Waals surface area (Å²) in [5.74, 6) is 1.43. The molecule has 0 spiro atoms. The predicted molar refractivity (Wildman–Crippen MR) is 61.1 cm³/mol. The fourth-order valence-electron chi connectivity index (χ4n) is 1.53. The van der Waals surface area contributed by atoms with Gasteiger partial charge in [-0.25, -0.2) is 18.1 Å². The molecular formula is C10H15N3O2S. The number of nitrogens with one attached hydrogen (secondary N) is 1. The van der Waals surface area contributed by atoms with Gasteiger partial charge in [0.05, 0.1) is 0 Å². The van der Waals surface area contributed by atoms with Gasteiger partial charge in [-0.1, -0.05) is 6.92 Å². The van der Waals surface area contributed by atoms with Crippen molar-refractivity contribution in [3.63, 3.8) is 0 Å². The molecule has 0 aliphatic heterocycles. The first-order chi connectivity index (χ1) is 7.49. The highest BCUT2D eigenvalue weighted by molar-refractivity contribution is 7.89.